The summed E-state index contributed by atoms with van der Waals surface area (Å²) in [6, 6.07) is 0. The van der Waals surface area contributed by atoms with Crippen molar-refractivity contribution in [3.05, 3.63) is 33.5 Å². The Kier molecular flexibility index (Phi) is 4.11. The van der Waals surface area contributed by atoms with Crippen LogP contribution in [-0.2, 0) is 11.8 Å². The molecule has 0 saturated carbocycles. The Balaban J connectivity index is 2.72. The van der Waals surface area contributed by atoms with E-state index in [9.17, 15) is 0 Å². The summed E-state index contributed by atoms with van der Waals surface area (Å²) >= 11 is 6.32. The van der Waals surface area contributed by atoms with Gasteiger partial charge in [-0.2, -0.15) is 5.10 Å². The minimum Gasteiger partial charge on any atom is -0.220 e. The molecule has 0 bridgehead atoms. The minimum absolute atomic E-state index is 0.157. The number of hydrogen-bond acceptors (Lipinski definition) is 3. The third kappa shape index (κ3) is 2.82. The first-order valence-electron chi connectivity index (χ1n) is 7.26. The lowest BCUT2D eigenvalue weighted by molar-refractivity contribution is 0.540. The van der Waals surface area contributed by atoms with Crippen molar-refractivity contribution < 1.29 is 0 Å². The molecule has 0 saturated heterocycles. The van der Waals surface area contributed by atoms with Crippen LogP contribution in [0.15, 0.2) is 0 Å². The molecule has 2 aromatic heterocycles. The molecule has 2 aromatic rings. The molecule has 0 aromatic carbocycles. The molecule has 0 radical (unpaired) electrons. The van der Waals surface area contributed by atoms with E-state index in [1.807, 2.05) is 18.5 Å². The average Bonchev–Trinajstić information content (AvgIpc) is 2.66. The first-order valence-corrected chi connectivity index (χ1v) is 7.64. The van der Waals surface area contributed by atoms with E-state index in [-0.39, 0.29) is 5.41 Å². The summed E-state index contributed by atoms with van der Waals surface area (Å²) in [6.07, 6.45) is 0.960. The van der Waals surface area contributed by atoms with Gasteiger partial charge < -0.3 is 0 Å². The number of nitrogens with zero attached hydrogens (tertiary/aromatic N) is 4. The Morgan fingerprint density at radius 2 is 1.71 bits per heavy atom. The van der Waals surface area contributed by atoms with E-state index >= 15 is 0 Å². The van der Waals surface area contributed by atoms with Gasteiger partial charge in [-0.25, -0.2) is 14.6 Å². The third-order valence-electron chi connectivity index (χ3n) is 3.73. The molecular weight excluding hydrogens is 284 g/mol. The zero-order chi connectivity index (χ0) is 15.9. The maximum atomic E-state index is 6.32. The van der Waals surface area contributed by atoms with Crippen LogP contribution in [0.1, 0.15) is 56.0 Å². The summed E-state index contributed by atoms with van der Waals surface area (Å²) < 4.78 is 1.90. The van der Waals surface area contributed by atoms with Gasteiger partial charge in [-0.1, -0.05) is 39.3 Å². The highest BCUT2D eigenvalue weighted by atomic mass is 35.5. The summed E-state index contributed by atoms with van der Waals surface area (Å²) in [7, 11) is 0. The third-order valence-corrected chi connectivity index (χ3v) is 4.09. The topological polar surface area (TPSA) is 43.6 Å². The normalized spacial score (nSPS) is 12.0. The lowest BCUT2D eigenvalue weighted by Crippen LogP contribution is -2.19. The smallest absolute Gasteiger partial charge is 0.161 e. The Morgan fingerprint density at radius 3 is 2.19 bits per heavy atom. The predicted octanol–water partition coefficient (Wildman–Crippen LogP) is 4.10. The number of aryl methyl sites for hydroxylation is 1. The molecule has 5 heteroatoms. The highest BCUT2D eigenvalue weighted by Gasteiger charge is 2.23. The summed E-state index contributed by atoms with van der Waals surface area (Å²) in [6.45, 7) is 14.4. The molecule has 0 aliphatic rings. The highest BCUT2D eigenvalue weighted by Crippen LogP contribution is 2.27. The van der Waals surface area contributed by atoms with Crippen molar-refractivity contribution in [3.63, 3.8) is 0 Å². The summed E-state index contributed by atoms with van der Waals surface area (Å²) in [5, 5.41) is 5.14. The fraction of sp³-hybridized carbons (Fsp3) is 0.562. The second-order valence-corrected chi connectivity index (χ2v) is 6.81. The summed E-state index contributed by atoms with van der Waals surface area (Å²) in [4.78, 5) is 9.15. The molecule has 0 spiro atoms. The average molecular weight is 307 g/mol. The minimum atomic E-state index is -0.157. The Bertz CT molecular complexity index is 681. The van der Waals surface area contributed by atoms with Crippen molar-refractivity contribution in [3.8, 4) is 5.82 Å². The molecule has 0 fully saturated rings. The van der Waals surface area contributed by atoms with E-state index in [1.165, 1.54) is 5.56 Å². The number of rotatable bonds is 2. The van der Waals surface area contributed by atoms with Gasteiger partial charge in [-0.3, -0.25) is 0 Å². The number of aromatic nitrogens is 4. The standard InChI is InChI=1S/C16H23ClN4/c1-8-12-10(3)20-21(11(12)4)14-9(2)13(17)18-15(19-14)16(5,6)7/h8H2,1-7H3. The van der Waals surface area contributed by atoms with Crippen molar-refractivity contribution in [2.24, 2.45) is 0 Å². The fourth-order valence-electron chi connectivity index (χ4n) is 2.41. The van der Waals surface area contributed by atoms with Crippen molar-refractivity contribution in [2.45, 2.75) is 60.3 Å². The Morgan fingerprint density at radius 1 is 1.10 bits per heavy atom. The van der Waals surface area contributed by atoms with Crippen LogP contribution in [0, 0.1) is 20.8 Å². The summed E-state index contributed by atoms with van der Waals surface area (Å²) in [5.41, 5.74) is 4.13. The number of halogens is 1. The molecule has 0 amide bonds. The Labute approximate surface area is 131 Å². The zero-order valence-electron chi connectivity index (χ0n) is 13.9. The van der Waals surface area contributed by atoms with Gasteiger partial charge >= 0.3 is 0 Å². The molecular formula is C16H23ClN4. The van der Waals surface area contributed by atoms with Crippen molar-refractivity contribution in [1.29, 1.82) is 0 Å². The van der Waals surface area contributed by atoms with Gasteiger partial charge in [0.15, 0.2) is 5.82 Å². The van der Waals surface area contributed by atoms with Crippen LogP contribution in [0.5, 0.6) is 0 Å². The molecule has 21 heavy (non-hydrogen) atoms. The SMILES string of the molecule is CCc1c(C)nn(-c2nc(C(C)(C)C)nc(Cl)c2C)c1C. The van der Waals surface area contributed by atoms with Crippen LogP contribution in [0.25, 0.3) is 5.82 Å². The lowest BCUT2D eigenvalue weighted by Gasteiger charge is -2.19. The molecule has 2 rings (SSSR count). The second kappa shape index (κ2) is 5.41. The molecule has 0 N–H and O–H groups in total. The van der Waals surface area contributed by atoms with E-state index < -0.39 is 0 Å². The maximum Gasteiger partial charge on any atom is 0.161 e. The molecule has 0 aliphatic carbocycles. The van der Waals surface area contributed by atoms with E-state index in [2.05, 4.69) is 44.7 Å². The van der Waals surface area contributed by atoms with Crippen molar-refractivity contribution in [2.75, 3.05) is 0 Å². The van der Waals surface area contributed by atoms with Crippen LogP contribution < -0.4 is 0 Å². The first kappa shape index (κ1) is 16.0. The molecule has 2 heterocycles. The lowest BCUT2D eigenvalue weighted by atomic mass is 9.95. The van der Waals surface area contributed by atoms with Gasteiger partial charge in [0, 0.05) is 16.7 Å². The quantitative estimate of drug-likeness (QED) is 0.785. The maximum absolute atomic E-state index is 6.32. The van der Waals surface area contributed by atoms with Crippen LogP contribution in [0.4, 0.5) is 0 Å². The number of hydrogen-bond donors (Lipinski definition) is 0. The molecule has 0 unspecified atom stereocenters. The van der Waals surface area contributed by atoms with E-state index in [0.29, 0.717) is 5.15 Å². The van der Waals surface area contributed by atoms with Gasteiger partial charge in [0.25, 0.3) is 0 Å². The summed E-state index contributed by atoms with van der Waals surface area (Å²) in [5.74, 6) is 1.51. The van der Waals surface area contributed by atoms with Gasteiger partial charge in [0.2, 0.25) is 0 Å². The predicted molar refractivity (Wildman–Crippen MR) is 86.5 cm³/mol. The van der Waals surface area contributed by atoms with Gasteiger partial charge in [-0.15, -0.1) is 0 Å². The first-order chi connectivity index (χ1) is 9.66. The Hall–Kier alpha value is -1.42. The van der Waals surface area contributed by atoms with E-state index in [1.54, 1.807) is 0 Å². The van der Waals surface area contributed by atoms with Gasteiger partial charge in [0.1, 0.15) is 11.0 Å². The molecule has 114 valence electrons. The zero-order valence-corrected chi connectivity index (χ0v) is 14.6. The molecule has 4 nitrogen and oxygen atoms in total. The van der Waals surface area contributed by atoms with Crippen molar-refractivity contribution in [1.82, 2.24) is 19.7 Å². The van der Waals surface area contributed by atoms with Crippen LogP contribution in [-0.4, -0.2) is 19.7 Å². The molecule has 0 aliphatic heterocycles. The van der Waals surface area contributed by atoms with Crippen molar-refractivity contribution >= 4 is 11.6 Å². The fourth-order valence-corrected chi connectivity index (χ4v) is 2.58. The van der Waals surface area contributed by atoms with Crippen LogP contribution in [0.2, 0.25) is 5.15 Å². The van der Waals surface area contributed by atoms with E-state index in [0.717, 1.165) is 35.0 Å². The van der Waals surface area contributed by atoms with Gasteiger partial charge in [-0.05, 0) is 32.8 Å². The van der Waals surface area contributed by atoms with Gasteiger partial charge in [0.05, 0.1) is 5.69 Å². The second-order valence-electron chi connectivity index (χ2n) is 6.45. The van der Waals surface area contributed by atoms with Crippen LogP contribution in [0.3, 0.4) is 0 Å². The van der Waals surface area contributed by atoms with Crippen LogP contribution >= 0.6 is 11.6 Å². The van der Waals surface area contributed by atoms with E-state index in [4.69, 9.17) is 16.6 Å². The molecule has 0 atom stereocenters. The highest BCUT2D eigenvalue weighted by molar-refractivity contribution is 6.30. The monoisotopic (exact) mass is 306 g/mol. The largest absolute Gasteiger partial charge is 0.220 e.